The van der Waals surface area contributed by atoms with E-state index < -0.39 is 6.17 Å². The first kappa shape index (κ1) is 9.65. The van der Waals surface area contributed by atoms with E-state index in [1.807, 2.05) is 6.92 Å². The van der Waals surface area contributed by atoms with E-state index in [1.54, 1.807) is 12.4 Å². The molecule has 1 aromatic rings. The molecule has 78 valence electrons. The van der Waals surface area contributed by atoms with Gasteiger partial charge in [-0.15, -0.1) is 0 Å². The molecule has 1 aliphatic rings. The number of alkyl halides is 1. The molecular formula is C10H16FN3. The first-order chi connectivity index (χ1) is 6.75. The lowest BCUT2D eigenvalue weighted by molar-refractivity contribution is 0.329. The largest absolute Gasteiger partial charge is 0.347 e. The van der Waals surface area contributed by atoms with E-state index in [0.29, 0.717) is 18.9 Å². The van der Waals surface area contributed by atoms with Crippen molar-refractivity contribution in [2.75, 3.05) is 0 Å². The van der Waals surface area contributed by atoms with Crippen LogP contribution in [0.1, 0.15) is 38.1 Å². The second kappa shape index (κ2) is 4.09. The highest BCUT2D eigenvalue weighted by Crippen LogP contribution is 2.23. The van der Waals surface area contributed by atoms with E-state index in [1.165, 1.54) is 0 Å². The third kappa shape index (κ3) is 2.12. The molecule has 0 aliphatic heterocycles. The highest BCUT2D eigenvalue weighted by Gasteiger charge is 2.25. The molecule has 14 heavy (non-hydrogen) atoms. The van der Waals surface area contributed by atoms with Crippen LogP contribution in [-0.4, -0.2) is 22.2 Å². The van der Waals surface area contributed by atoms with Crippen LogP contribution in [0.2, 0.25) is 0 Å². The Balaban J connectivity index is 1.86. The monoisotopic (exact) mass is 197 g/mol. The van der Waals surface area contributed by atoms with E-state index in [0.717, 1.165) is 12.2 Å². The maximum Gasteiger partial charge on any atom is 0.122 e. The van der Waals surface area contributed by atoms with Gasteiger partial charge in [-0.25, -0.2) is 9.37 Å². The van der Waals surface area contributed by atoms with Crippen molar-refractivity contribution in [1.82, 2.24) is 15.3 Å². The van der Waals surface area contributed by atoms with Crippen molar-refractivity contribution in [2.24, 2.45) is 0 Å². The van der Waals surface area contributed by atoms with Crippen molar-refractivity contribution in [3.05, 3.63) is 18.2 Å². The normalized spacial score (nSPS) is 29.3. The highest BCUT2D eigenvalue weighted by atomic mass is 19.1. The molecule has 0 saturated heterocycles. The van der Waals surface area contributed by atoms with E-state index >= 15 is 0 Å². The first-order valence-corrected chi connectivity index (χ1v) is 5.15. The van der Waals surface area contributed by atoms with E-state index in [2.05, 4.69) is 15.3 Å². The molecule has 0 amide bonds. The van der Waals surface area contributed by atoms with Crippen molar-refractivity contribution in [3.63, 3.8) is 0 Å². The fraction of sp³-hybridized carbons (Fsp3) is 0.700. The van der Waals surface area contributed by atoms with Crippen LogP contribution in [0.4, 0.5) is 4.39 Å². The van der Waals surface area contributed by atoms with E-state index in [-0.39, 0.29) is 6.04 Å². The predicted molar refractivity (Wildman–Crippen MR) is 52.7 cm³/mol. The van der Waals surface area contributed by atoms with Gasteiger partial charge in [0, 0.05) is 18.4 Å². The summed E-state index contributed by atoms with van der Waals surface area (Å²) in [6, 6.07) is 0.491. The molecule has 0 bridgehead atoms. The third-order valence-corrected chi connectivity index (χ3v) is 2.78. The summed E-state index contributed by atoms with van der Waals surface area (Å²) >= 11 is 0. The number of hydrogen-bond acceptors (Lipinski definition) is 2. The summed E-state index contributed by atoms with van der Waals surface area (Å²) in [7, 11) is 0. The molecule has 3 atom stereocenters. The lowest BCUT2D eigenvalue weighted by Gasteiger charge is -2.17. The Morgan fingerprint density at radius 3 is 3.07 bits per heavy atom. The summed E-state index contributed by atoms with van der Waals surface area (Å²) in [5.41, 5.74) is 0. The second-order valence-electron chi connectivity index (χ2n) is 3.97. The topological polar surface area (TPSA) is 40.7 Å². The lowest BCUT2D eigenvalue weighted by Crippen LogP contribution is -2.30. The Morgan fingerprint density at radius 1 is 1.64 bits per heavy atom. The summed E-state index contributed by atoms with van der Waals surface area (Å²) in [6.45, 7) is 2.05. The SMILES string of the molecule is CC(NC1CCC(F)C1)c1ncc[nH]1. The summed E-state index contributed by atoms with van der Waals surface area (Å²) in [6.07, 6.45) is 5.20. The molecule has 2 N–H and O–H groups in total. The number of nitrogens with zero attached hydrogens (tertiary/aromatic N) is 1. The Bertz CT molecular complexity index is 273. The van der Waals surface area contributed by atoms with Crippen molar-refractivity contribution in [2.45, 2.75) is 44.4 Å². The summed E-state index contributed by atoms with van der Waals surface area (Å²) in [5.74, 6) is 0.923. The van der Waals surface area contributed by atoms with Crippen LogP contribution in [0.3, 0.4) is 0 Å². The molecule has 2 rings (SSSR count). The first-order valence-electron chi connectivity index (χ1n) is 5.15. The quantitative estimate of drug-likeness (QED) is 0.777. The molecule has 3 nitrogen and oxygen atoms in total. The third-order valence-electron chi connectivity index (χ3n) is 2.78. The number of aromatic amines is 1. The maximum absolute atomic E-state index is 12.9. The molecule has 1 saturated carbocycles. The maximum atomic E-state index is 12.9. The number of aromatic nitrogens is 2. The van der Waals surface area contributed by atoms with Crippen LogP contribution >= 0.6 is 0 Å². The Kier molecular flexibility index (Phi) is 2.82. The minimum Gasteiger partial charge on any atom is -0.347 e. The molecule has 0 spiro atoms. The summed E-state index contributed by atoms with van der Waals surface area (Å²) in [5, 5.41) is 3.38. The van der Waals surface area contributed by atoms with Gasteiger partial charge in [0.25, 0.3) is 0 Å². The zero-order valence-corrected chi connectivity index (χ0v) is 8.33. The van der Waals surface area contributed by atoms with E-state index in [4.69, 9.17) is 0 Å². The number of hydrogen-bond donors (Lipinski definition) is 2. The van der Waals surface area contributed by atoms with Crippen molar-refractivity contribution >= 4 is 0 Å². The van der Waals surface area contributed by atoms with Gasteiger partial charge in [0.15, 0.2) is 0 Å². The number of H-pyrrole nitrogens is 1. The average molecular weight is 197 g/mol. The van der Waals surface area contributed by atoms with Crippen molar-refractivity contribution in [1.29, 1.82) is 0 Å². The minimum atomic E-state index is -0.615. The molecule has 0 radical (unpaired) electrons. The molecule has 1 aromatic heterocycles. The molecule has 3 unspecified atom stereocenters. The van der Waals surface area contributed by atoms with Crippen molar-refractivity contribution < 1.29 is 4.39 Å². The fourth-order valence-electron chi connectivity index (χ4n) is 2.02. The number of nitrogens with one attached hydrogen (secondary N) is 2. The molecule has 1 heterocycles. The van der Waals surface area contributed by atoms with Crippen LogP contribution in [0.5, 0.6) is 0 Å². The van der Waals surface area contributed by atoms with Crippen LogP contribution in [0.15, 0.2) is 12.4 Å². The standard InChI is InChI=1S/C10H16FN3/c1-7(10-12-4-5-13-10)14-9-3-2-8(11)6-9/h4-5,7-9,14H,2-3,6H2,1H3,(H,12,13). The number of imidazole rings is 1. The van der Waals surface area contributed by atoms with Gasteiger partial charge in [0.2, 0.25) is 0 Å². The van der Waals surface area contributed by atoms with Gasteiger partial charge in [0.1, 0.15) is 12.0 Å². The Labute approximate surface area is 83.1 Å². The van der Waals surface area contributed by atoms with Crippen LogP contribution in [0.25, 0.3) is 0 Å². The van der Waals surface area contributed by atoms with Gasteiger partial charge in [-0.2, -0.15) is 0 Å². The van der Waals surface area contributed by atoms with Gasteiger partial charge in [-0.1, -0.05) is 0 Å². The van der Waals surface area contributed by atoms with Gasteiger partial charge in [-0.3, -0.25) is 0 Å². The second-order valence-corrected chi connectivity index (χ2v) is 3.97. The zero-order valence-electron chi connectivity index (χ0n) is 8.33. The van der Waals surface area contributed by atoms with Crippen LogP contribution < -0.4 is 5.32 Å². The van der Waals surface area contributed by atoms with Gasteiger partial charge >= 0.3 is 0 Å². The van der Waals surface area contributed by atoms with Crippen molar-refractivity contribution in [3.8, 4) is 0 Å². The van der Waals surface area contributed by atoms with E-state index in [9.17, 15) is 4.39 Å². The Morgan fingerprint density at radius 2 is 2.50 bits per heavy atom. The summed E-state index contributed by atoms with van der Waals surface area (Å²) in [4.78, 5) is 7.22. The summed E-state index contributed by atoms with van der Waals surface area (Å²) < 4.78 is 12.9. The minimum absolute atomic E-state index is 0.181. The number of halogens is 1. The molecule has 1 aliphatic carbocycles. The molecule has 0 aromatic carbocycles. The van der Waals surface area contributed by atoms with Crippen LogP contribution in [0, 0.1) is 0 Å². The number of rotatable bonds is 3. The molecular weight excluding hydrogens is 181 g/mol. The van der Waals surface area contributed by atoms with Gasteiger partial charge < -0.3 is 10.3 Å². The fourth-order valence-corrected chi connectivity index (χ4v) is 2.02. The zero-order chi connectivity index (χ0) is 9.97. The van der Waals surface area contributed by atoms with Crippen LogP contribution in [-0.2, 0) is 0 Å². The van der Waals surface area contributed by atoms with Gasteiger partial charge in [-0.05, 0) is 26.2 Å². The molecule has 4 heteroatoms. The lowest BCUT2D eigenvalue weighted by atomic mass is 10.2. The van der Waals surface area contributed by atoms with Gasteiger partial charge in [0.05, 0.1) is 6.04 Å². The molecule has 1 fully saturated rings. The smallest absolute Gasteiger partial charge is 0.122 e. The average Bonchev–Trinajstić information content (AvgIpc) is 2.75. The predicted octanol–water partition coefficient (Wildman–Crippen LogP) is 1.95. The Hall–Kier alpha value is -0.900. The highest BCUT2D eigenvalue weighted by molar-refractivity contribution is 4.95.